The molecule has 0 aromatic heterocycles. The minimum atomic E-state index is -0.769. The van der Waals surface area contributed by atoms with E-state index in [-0.39, 0.29) is 36.3 Å². The fraction of sp³-hybridized carbons (Fsp3) is 0.385. The summed E-state index contributed by atoms with van der Waals surface area (Å²) in [6.07, 6.45) is 0.237. The van der Waals surface area contributed by atoms with Crippen molar-refractivity contribution < 1.29 is 15.0 Å². The highest BCUT2D eigenvalue weighted by Gasteiger charge is 2.15. The molecule has 0 fully saturated rings. The van der Waals surface area contributed by atoms with Gasteiger partial charge in [-0.05, 0) is 31.0 Å². The number of nitrogens with one attached hydrogen (secondary N) is 1. The van der Waals surface area contributed by atoms with Crippen molar-refractivity contribution in [3.05, 3.63) is 23.8 Å². The number of nitrogens with two attached hydrogens (primary N) is 1. The van der Waals surface area contributed by atoms with E-state index in [4.69, 9.17) is 16.1 Å². The number of phenols is 2. The lowest BCUT2D eigenvalue weighted by atomic mass is 10.1. The molecule has 0 radical (unpaired) electrons. The fourth-order valence-corrected chi connectivity index (χ4v) is 1.47. The highest BCUT2D eigenvalue weighted by Crippen LogP contribution is 2.25. The van der Waals surface area contributed by atoms with Crippen molar-refractivity contribution in [2.24, 2.45) is 11.7 Å². The normalized spacial score (nSPS) is 13.3. The minimum absolute atomic E-state index is 0.218. The van der Waals surface area contributed by atoms with E-state index in [9.17, 15) is 9.90 Å². The van der Waals surface area contributed by atoms with Gasteiger partial charge in [-0.25, -0.2) is 0 Å². The van der Waals surface area contributed by atoms with Crippen molar-refractivity contribution in [2.45, 2.75) is 19.4 Å². The van der Waals surface area contributed by atoms with Crippen LogP contribution in [-0.4, -0.2) is 28.7 Å². The van der Waals surface area contributed by atoms with Crippen molar-refractivity contribution in [2.75, 3.05) is 6.54 Å². The van der Waals surface area contributed by atoms with E-state index < -0.39 is 6.04 Å². The Morgan fingerprint density at radius 1 is 1.47 bits per heavy atom. The maximum absolute atomic E-state index is 11.7. The van der Waals surface area contributed by atoms with E-state index in [0.717, 1.165) is 0 Å². The Hall–Kier alpha value is -2.26. The number of rotatable bonds is 5. The van der Waals surface area contributed by atoms with E-state index in [2.05, 4.69) is 5.32 Å². The Kier molecular flexibility index (Phi) is 5.15. The van der Waals surface area contributed by atoms with Gasteiger partial charge in [0.15, 0.2) is 11.5 Å². The molecule has 1 amide bonds. The summed E-state index contributed by atoms with van der Waals surface area (Å²) in [6, 6.07) is 5.52. The summed E-state index contributed by atoms with van der Waals surface area (Å²) in [5.74, 6) is -1.09. The molecule has 0 aliphatic rings. The Bertz CT molecular complexity index is 496. The highest BCUT2D eigenvalue weighted by molar-refractivity contribution is 5.81. The molecule has 0 spiro atoms. The molecule has 1 rings (SSSR count). The monoisotopic (exact) mass is 263 g/mol. The van der Waals surface area contributed by atoms with E-state index in [1.165, 1.54) is 12.1 Å². The first-order chi connectivity index (χ1) is 8.93. The summed E-state index contributed by atoms with van der Waals surface area (Å²) in [6.45, 7) is 1.95. The third kappa shape index (κ3) is 4.48. The Labute approximate surface area is 111 Å². The number of nitrogens with zero attached hydrogens (tertiary/aromatic N) is 1. The van der Waals surface area contributed by atoms with Crippen LogP contribution in [0.4, 0.5) is 0 Å². The topological polar surface area (TPSA) is 119 Å². The molecule has 1 aromatic carbocycles. The molecule has 0 aliphatic heterocycles. The molecule has 6 heteroatoms. The molecular formula is C13H17N3O3. The summed E-state index contributed by atoms with van der Waals surface area (Å²) < 4.78 is 0. The van der Waals surface area contributed by atoms with E-state index in [1.54, 1.807) is 13.0 Å². The van der Waals surface area contributed by atoms with Gasteiger partial charge < -0.3 is 21.3 Å². The van der Waals surface area contributed by atoms with Crippen molar-refractivity contribution >= 4 is 5.91 Å². The number of hydrogen-bond acceptors (Lipinski definition) is 5. The average Bonchev–Trinajstić information content (AvgIpc) is 2.39. The van der Waals surface area contributed by atoms with Gasteiger partial charge in [0.25, 0.3) is 0 Å². The second-order valence-corrected chi connectivity index (χ2v) is 4.41. The van der Waals surface area contributed by atoms with Crippen LogP contribution in [0.15, 0.2) is 18.2 Å². The number of hydrogen-bond donors (Lipinski definition) is 4. The summed E-state index contributed by atoms with van der Waals surface area (Å²) in [7, 11) is 0. The maximum Gasteiger partial charge on any atom is 0.237 e. The van der Waals surface area contributed by atoms with Crippen molar-refractivity contribution in [3.63, 3.8) is 0 Å². The van der Waals surface area contributed by atoms with Crippen LogP contribution in [0.5, 0.6) is 11.5 Å². The van der Waals surface area contributed by atoms with Crippen LogP contribution in [-0.2, 0) is 11.2 Å². The molecule has 1 aromatic rings. The first kappa shape index (κ1) is 14.8. The number of carbonyl (C=O) groups is 1. The number of benzene rings is 1. The standard InChI is InChI=1S/C13H17N3O3/c1-8(6-14)7-16-13(19)10(15)4-9-2-3-11(17)12(18)5-9/h2-3,5,8,10,17-18H,4,7,15H2,1H3,(H,16,19)/t8?,10-/m0/s1. The molecule has 2 atom stereocenters. The lowest BCUT2D eigenvalue weighted by Gasteiger charge is -2.13. The summed E-state index contributed by atoms with van der Waals surface area (Å²) in [5.41, 5.74) is 6.37. The quantitative estimate of drug-likeness (QED) is 0.567. The lowest BCUT2D eigenvalue weighted by Crippen LogP contribution is -2.43. The van der Waals surface area contributed by atoms with Crippen molar-refractivity contribution in [3.8, 4) is 17.6 Å². The zero-order chi connectivity index (χ0) is 14.4. The van der Waals surface area contributed by atoms with Crippen LogP contribution < -0.4 is 11.1 Å². The summed E-state index contributed by atoms with van der Waals surface area (Å²) in [5, 5.41) is 29.7. The average molecular weight is 263 g/mol. The van der Waals surface area contributed by atoms with Crippen LogP contribution in [0, 0.1) is 17.2 Å². The summed E-state index contributed by atoms with van der Waals surface area (Å²) in [4.78, 5) is 11.7. The van der Waals surface area contributed by atoms with Crippen LogP contribution in [0.1, 0.15) is 12.5 Å². The lowest BCUT2D eigenvalue weighted by molar-refractivity contribution is -0.122. The first-order valence-electron chi connectivity index (χ1n) is 5.87. The zero-order valence-corrected chi connectivity index (χ0v) is 10.6. The number of phenolic OH excluding ortho intramolecular Hbond substituents is 2. The molecule has 0 saturated heterocycles. The molecule has 6 nitrogen and oxygen atoms in total. The van der Waals surface area contributed by atoms with Gasteiger partial charge in [0.2, 0.25) is 5.91 Å². The van der Waals surface area contributed by atoms with Gasteiger partial charge in [-0.3, -0.25) is 4.79 Å². The number of carbonyl (C=O) groups excluding carboxylic acids is 1. The van der Waals surface area contributed by atoms with Crippen LogP contribution in [0.2, 0.25) is 0 Å². The minimum Gasteiger partial charge on any atom is -0.504 e. The molecule has 102 valence electrons. The zero-order valence-electron chi connectivity index (χ0n) is 10.6. The first-order valence-corrected chi connectivity index (χ1v) is 5.87. The predicted octanol–water partition coefficient (Wildman–Crippen LogP) is 0.243. The smallest absolute Gasteiger partial charge is 0.237 e. The molecule has 1 unspecified atom stereocenters. The molecule has 0 saturated carbocycles. The number of aromatic hydroxyl groups is 2. The highest BCUT2D eigenvalue weighted by atomic mass is 16.3. The van der Waals surface area contributed by atoms with Crippen LogP contribution >= 0.6 is 0 Å². The predicted molar refractivity (Wildman–Crippen MR) is 69.2 cm³/mol. The van der Waals surface area contributed by atoms with Gasteiger partial charge in [0, 0.05) is 6.54 Å². The third-order valence-electron chi connectivity index (χ3n) is 2.64. The van der Waals surface area contributed by atoms with Gasteiger partial charge in [0.05, 0.1) is 18.0 Å². The molecule has 0 aliphatic carbocycles. The largest absolute Gasteiger partial charge is 0.504 e. The second kappa shape index (κ2) is 6.61. The second-order valence-electron chi connectivity index (χ2n) is 4.41. The molecule has 0 heterocycles. The van der Waals surface area contributed by atoms with Crippen molar-refractivity contribution in [1.82, 2.24) is 5.32 Å². The third-order valence-corrected chi connectivity index (χ3v) is 2.64. The summed E-state index contributed by atoms with van der Waals surface area (Å²) >= 11 is 0. The Morgan fingerprint density at radius 2 is 2.16 bits per heavy atom. The van der Waals surface area contributed by atoms with Gasteiger partial charge in [-0.2, -0.15) is 5.26 Å². The maximum atomic E-state index is 11.7. The molecule has 5 N–H and O–H groups in total. The van der Waals surface area contributed by atoms with Crippen molar-refractivity contribution in [1.29, 1.82) is 5.26 Å². The number of nitriles is 1. The van der Waals surface area contributed by atoms with E-state index >= 15 is 0 Å². The van der Waals surface area contributed by atoms with E-state index in [1.807, 2.05) is 6.07 Å². The van der Waals surface area contributed by atoms with Crippen LogP contribution in [0.25, 0.3) is 0 Å². The molecule has 0 bridgehead atoms. The SMILES string of the molecule is CC(C#N)CNC(=O)[C@@H](N)Cc1ccc(O)c(O)c1. The molecule has 19 heavy (non-hydrogen) atoms. The molecular weight excluding hydrogens is 246 g/mol. The number of amides is 1. The van der Waals surface area contributed by atoms with E-state index in [0.29, 0.717) is 5.56 Å². The van der Waals surface area contributed by atoms with Crippen LogP contribution in [0.3, 0.4) is 0 Å². The van der Waals surface area contributed by atoms with Gasteiger partial charge in [0.1, 0.15) is 0 Å². The van der Waals surface area contributed by atoms with Gasteiger partial charge in [-0.1, -0.05) is 6.07 Å². The van der Waals surface area contributed by atoms with Gasteiger partial charge >= 0.3 is 0 Å². The Morgan fingerprint density at radius 3 is 2.74 bits per heavy atom. The Balaban J connectivity index is 2.54. The fourth-order valence-electron chi connectivity index (χ4n) is 1.47. The van der Waals surface area contributed by atoms with Gasteiger partial charge in [-0.15, -0.1) is 0 Å².